The fourth-order valence-electron chi connectivity index (χ4n) is 2.33. The molecule has 2 aliphatic rings. The number of carbonyl (C=O) groups excluding carboxylic acids is 1. The van der Waals surface area contributed by atoms with Crippen LogP contribution in [0.3, 0.4) is 0 Å². The molecule has 3 rings (SSSR count). The Kier molecular flexibility index (Phi) is 7.09. The van der Waals surface area contributed by atoms with Gasteiger partial charge in [0.05, 0.1) is 18.8 Å². The molecule has 0 unspecified atom stereocenters. The zero-order chi connectivity index (χ0) is 14.0. The molecule has 1 aromatic carbocycles. The fourth-order valence-corrected chi connectivity index (χ4v) is 2.33. The first-order chi connectivity index (χ1) is 9.66. The lowest BCUT2D eigenvalue weighted by Gasteiger charge is -2.26. The lowest BCUT2D eigenvalue weighted by molar-refractivity contribution is -0.118. The first-order valence-electron chi connectivity index (χ1n) is 7.15. The van der Waals surface area contributed by atoms with Crippen LogP contribution < -0.4 is 11.1 Å². The molecule has 1 saturated heterocycles. The third-order valence-corrected chi connectivity index (χ3v) is 3.96. The molecule has 1 amide bonds. The average molecular weight is 348 g/mol. The summed E-state index contributed by atoms with van der Waals surface area (Å²) in [6.07, 6.45) is 1.57. The number of benzene rings is 1. The summed E-state index contributed by atoms with van der Waals surface area (Å²) in [7, 11) is 0. The third-order valence-electron chi connectivity index (χ3n) is 3.96. The zero-order valence-corrected chi connectivity index (χ0v) is 14.0. The molecule has 3 N–H and O–H groups in total. The van der Waals surface area contributed by atoms with E-state index in [-0.39, 0.29) is 30.7 Å². The Hall–Kier alpha value is -0.850. The summed E-state index contributed by atoms with van der Waals surface area (Å²) >= 11 is 0. The molecule has 2 fully saturated rings. The van der Waals surface area contributed by atoms with Gasteiger partial charge in [-0.15, -0.1) is 24.8 Å². The summed E-state index contributed by atoms with van der Waals surface area (Å²) in [6, 6.07) is 8.00. The predicted octanol–water partition coefficient (Wildman–Crippen LogP) is 1.79. The Morgan fingerprint density at radius 3 is 2.32 bits per heavy atom. The second kappa shape index (κ2) is 8.13. The third kappa shape index (κ3) is 4.83. The topological polar surface area (TPSA) is 67.6 Å². The lowest BCUT2D eigenvalue weighted by Crippen LogP contribution is -2.37. The highest BCUT2D eigenvalue weighted by Crippen LogP contribution is 2.33. The minimum atomic E-state index is -0.619. The second-order valence-corrected chi connectivity index (χ2v) is 5.70. The number of ether oxygens (including phenoxy) is 1. The smallest absolute Gasteiger partial charge is 0.244 e. The van der Waals surface area contributed by atoms with Crippen LogP contribution in [0.25, 0.3) is 0 Å². The summed E-state index contributed by atoms with van der Waals surface area (Å²) in [6.45, 7) is 4.51. The second-order valence-electron chi connectivity index (χ2n) is 5.70. The SMILES string of the molecule is Cl.Cl.NC1(C(=O)Nc2ccc(CN3CCOCC3)cc2)CC1. The molecule has 1 aliphatic heterocycles. The molecule has 0 atom stereocenters. The van der Waals surface area contributed by atoms with Crippen LogP contribution in [0.15, 0.2) is 24.3 Å². The molecule has 7 heteroatoms. The van der Waals surface area contributed by atoms with Crippen LogP contribution in [0.4, 0.5) is 5.69 Å². The zero-order valence-electron chi connectivity index (χ0n) is 12.4. The Balaban J connectivity index is 0.00000121. The first kappa shape index (κ1) is 19.2. The van der Waals surface area contributed by atoms with Crippen molar-refractivity contribution >= 4 is 36.4 Å². The van der Waals surface area contributed by atoms with E-state index in [1.807, 2.05) is 12.1 Å². The van der Waals surface area contributed by atoms with E-state index < -0.39 is 5.54 Å². The minimum absolute atomic E-state index is 0. The van der Waals surface area contributed by atoms with Gasteiger partial charge in [0.25, 0.3) is 0 Å². The summed E-state index contributed by atoms with van der Waals surface area (Å²) in [5.41, 5.74) is 7.31. The van der Waals surface area contributed by atoms with Crippen LogP contribution in [0.5, 0.6) is 0 Å². The van der Waals surface area contributed by atoms with Crippen molar-refractivity contribution in [3.63, 3.8) is 0 Å². The lowest BCUT2D eigenvalue weighted by atomic mass is 10.1. The number of hydrogen-bond acceptors (Lipinski definition) is 4. The van der Waals surface area contributed by atoms with E-state index in [0.29, 0.717) is 0 Å². The van der Waals surface area contributed by atoms with Crippen molar-refractivity contribution in [3.05, 3.63) is 29.8 Å². The Bertz CT molecular complexity index is 486. The molecule has 124 valence electrons. The van der Waals surface area contributed by atoms with Crippen LogP contribution in [-0.4, -0.2) is 42.6 Å². The van der Waals surface area contributed by atoms with Crippen molar-refractivity contribution in [2.45, 2.75) is 24.9 Å². The van der Waals surface area contributed by atoms with Gasteiger partial charge in [0.2, 0.25) is 5.91 Å². The normalized spacial score (nSPS) is 19.5. The van der Waals surface area contributed by atoms with E-state index in [4.69, 9.17) is 10.5 Å². The minimum Gasteiger partial charge on any atom is -0.379 e. The van der Waals surface area contributed by atoms with Crippen molar-refractivity contribution < 1.29 is 9.53 Å². The van der Waals surface area contributed by atoms with Crippen LogP contribution in [-0.2, 0) is 16.1 Å². The molecular weight excluding hydrogens is 325 g/mol. The molecule has 0 aromatic heterocycles. The quantitative estimate of drug-likeness (QED) is 0.871. The average Bonchev–Trinajstić information content (AvgIpc) is 3.22. The van der Waals surface area contributed by atoms with Gasteiger partial charge < -0.3 is 15.8 Å². The Morgan fingerprint density at radius 1 is 1.18 bits per heavy atom. The monoisotopic (exact) mass is 347 g/mol. The van der Waals surface area contributed by atoms with Crippen LogP contribution in [0.1, 0.15) is 18.4 Å². The van der Waals surface area contributed by atoms with Gasteiger partial charge in [-0.1, -0.05) is 12.1 Å². The van der Waals surface area contributed by atoms with E-state index in [9.17, 15) is 4.79 Å². The molecule has 0 bridgehead atoms. The van der Waals surface area contributed by atoms with Gasteiger partial charge in [-0.3, -0.25) is 9.69 Å². The first-order valence-corrected chi connectivity index (χ1v) is 7.15. The number of halogens is 2. The van der Waals surface area contributed by atoms with Gasteiger partial charge in [-0.2, -0.15) is 0 Å². The number of nitrogens with two attached hydrogens (primary N) is 1. The molecule has 1 aliphatic carbocycles. The molecule has 1 saturated carbocycles. The molecule has 22 heavy (non-hydrogen) atoms. The standard InChI is InChI=1S/C15H21N3O2.2ClH/c16-15(5-6-15)14(19)17-13-3-1-12(2-4-13)11-18-7-9-20-10-8-18;;/h1-4H,5-11,16H2,(H,17,19);2*1H. The van der Waals surface area contributed by atoms with Gasteiger partial charge in [-0.25, -0.2) is 0 Å². The van der Waals surface area contributed by atoms with E-state index in [2.05, 4.69) is 22.3 Å². The van der Waals surface area contributed by atoms with Gasteiger partial charge in [0.15, 0.2) is 0 Å². The van der Waals surface area contributed by atoms with Gasteiger partial charge in [0, 0.05) is 25.3 Å². The number of rotatable bonds is 4. The van der Waals surface area contributed by atoms with Crippen molar-refractivity contribution in [2.24, 2.45) is 5.73 Å². The number of carbonyl (C=O) groups is 1. The van der Waals surface area contributed by atoms with Crippen LogP contribution >= 0.6 is 24.8 Å². The molecule has 0 radical (unpaired) electrons. The number of amides is 1. The fraction of sp³-hybridized carbons (Fsp3) is 0.533. The van der Waals surface area contributed by atoms with Gasteiger partial charge in [-0.05, 0) is 30.5 Å². The summed E-state index contributed by atoms with van der Waals surface area (Å²) in [4.78, 5) is 14.2. The van der Waals surface area contributed by atoms with Crippen LogP contribution in [0.2, 0.25) is 0 Å². The molecule has 5 nitrogen and oxygen atoms in total. The number of hydrogen-bond donors (Lipinski definition) is 2. The Morgan fingerprint density at radius 2 is 1.77 bits per heavy atom. The van der Waals surface area contributed by atoms with Gasteiger partial charge >= 0.3 is 0 Å². The number of morpholine rings is 1. The maximum Gasteiger partial charge on any atom is 0.244 e. The summed E-state index contributed by atoms with van der Waals surface area (Å²) < 4.78 is 5.34. The number of nitrogens with zero attached hydrogens (tertiary/aromatic N) is 1. The highest BCUT2D eigenvalue weighted by Gasteiger charge is 2.45. The number of nitrogens with one attached hydrogen (secondary N) is 1. The van der Waals surface area contributed by atoms with Crippen molar-refractivity contribution in [3.8, 4) is 0 Å². The molecule has 1 heterocycles. The highest BCUT2D eigenvalue weighted by atomic mass is 35.5. The molecule has 0 spiro atoms. The largest absolute Gasteiger partial charge is 0.379 e. The Labute approximate surface area is 143 Å². The maximum absolute atomic E-state index is 11.8. The van der Waals surface area contributed by atoms with Crippen molar-refractivity contribution in [1.82, 2.24) is 4.90 Å². The predicted molar refractivity (Wildman–Crippen MR) is 91.8 cm³/mol. The van der Waals surface area contributed by atoms with Crippen LogP contribution in [0, 0.1) is 0 Å². The number of anilines is 1. The van der Waals surface area contributed by atoms with Crippen molar-refractivity contribution in [2.75, 3.05) is 31.6 Å². The maximum atomic E-state index is 11.8. The van der Waals surface area contributed by atoms with E-state index >= 15 is 0 Å². The van der Waals surface area contributed by atoms with Gasteiger partial charge in [0.1, 0.15) is 0 Å². The summed E-state index contributed by atoms with van der Waals surface area (Å²) in [5.74, 6) is -0.0709. The summed E-state index contributed by atoms with van der Waals surface area (Å²) in [5, 5.41) is 2.88. The van der Waals surface area contributed by atoms with E-state index in [1.54, 1.807) is 0 Å². The van der Waals surface area contributed by atoms with E-state index in [0.717, 1.165) is 51.4 Å². The van der Waals surface area contributed by atoms with E-state index in [1.165, 1.54) is 5.56 Å². The van der Waals surface area contributed by atoms with Crippen molar-refractivity contribution in [1.29, 1.82) is 0 Å². The molecular formula is C15H23Cl2N3O2. The molecule has 1 aromatic rings. The highest BCUT2D eigenvalue weighted by molar-refractivity contribution is 6.00.